The Kier molecular flexibility index (Phi) is 3.46. The molecular formula is C14H10BrNO. The van der Waals surface area contributed by atoms with Crippen molar-refractivity contribution in [1.29, 1.82) is 5.26 Å². The smallest absolute Gasteiger partial charge is 0.118 e. The third-order valence-corrected chi connectivity index (χ3v) is 3.00. The SMILES string of the molecule is COc1ccc(-c2cc(Br)ccc2C#N)cc1. The van der Waals surface area contributed by atoms with E-state index in [1.54, 1.807) is 7.11 Å². The van der Waals surface area contributed by atoms with Crippen LogP contribution in [0.5, 0.6) is 5.75 Å². The van der Waals surface area contributed by atoms with Gasteiger partial charge in [-0.05, 0) is 35.9 Å². The summed E-state index contributed by atoms with van der Waals surface area (Å²) in [7, 11) is 1.63. The zero-order valence-corrected chi connectivity index (χ0v) is 10.9. The summed E-state index contributed by atoms with van der Waals surface area (Å²) in [6.07, 6.45) is 0. The largest absolute Gasteiger partial charge is 0.497 e. The Morgan fingerprint density at radius 1 is 1.12 bits per heavy atom. The van der Waals surface area contributed by atoms with Gasteiger partial charge in [0, 0.05) is 10.0 Å². The van der Waals surface area contributed by atoms with Gasteiger partial charge in [0.15, 0.2) is 0 Å². The number of nitrogens with zero attached hydrogens (tertiary/aromatic N) is 1. The Morgan fingerprint density at radius 2 is 1.82 bits per heavy atom. The number of hydrogen-bond donors (Lipinski definition) is 0. The van der Waals surface area contributed by atoms with Crippen molar-refractivity contribution in [2.45, 2.75) is 0 Å². The van der Waals surface area contributed by atoms with E-state index < -0.39 is 0 Å². The quantitative estimate of drug-likeness (QED) is 0.837. The molecule has 0 heterocycles. The van der Waals surface area contributed by atoms with Gasteiger partial charge in [0.25, 0.3) is 0 Å². The molecule has 2 aromatic rings. The molecule has 0 bridgehead atoms. The van der Waals surface area contributed by atoms with Crippen LogP contribution in [0.2, 0.25) is 0 Å². The number of rotatable bonds is 2. The monoisotopic (exact) mass is 287 g/mol. The molecule has 0 saturated carbocycles. The van der Waals surface area contributed by atoms with Crippen molar-refractivity contribution in [1.82, 2.24) is 0 Å². The van der Waals surface area contributed by atoms with Crippen LogP contribution in [0.1, 0.15) is 5.56 Å². The molecule has 2 rings (SSSR count). The minimum absolute atomic E-state index is 0.665. The molecule has 0 aliphatic carbocycles. The minimum atomic E-state index is 0.665. The standard InChI is InChI=1S/C14H10BrNO/c1-17-13-6-3-10(4-7-13)14-8-12(15)5-2-11(14)9-16/h2-8H,1H3. The van der Waals surface area contributed by atoms with Gasteiger partial charge in [-0.1, -0.05) is 28.1 Å². The van der Waals surface area contributed by atoms with E-state index in [1.807, 2.05) is 42.5 Å². The molecule has 0 aromatic heterocycles. The van der Waals surface area contributed by atoms with E-state index in [9.17, 15) is 0 Å². The molecule has 84 valence electrons. The molecule has 0 aliphatic rings. The Balaban J connectivity index is 2.52. The van der Waals surface area contributed by atoms with E-state index >= 15 is 0 Å². The maximum Gasteiger partial charge on any atom is 0.118 e. The molecular weight excluding hydrogens is 278 g/mol. The molecule has 0 amide bonds. The highest BCUT2D eigenvalue weighted by atomic mass is 79.9. The molecule has 0 spiro atoms. The van der Waals surface area contributed by atoms with Crippen LogP contribution in [0.3, 0.4) is 0 Å². The van der Waals surface area contributed by atoms with Gasteiger partial charge in [0.05, 0.1) is 18.7 Å². The lowest BCUT2D eigenvalue weighted by Crippen LogP contribution is -1.86. The third kappa shape index (κ3) is 2.48. The second kappa shape index (κ2) is 5.03. The van der Waals surface area contributed by atoms with E-state index in [0.717, 1.165) is 21.3 Å². The molecule has 0 radical (unpaired) electrons. The predicted molar refractivity (Wildman–Crippen MR) is 70.8 cm³/mol. The van der Waals surface area contributed by atoms with Crippen molar-refractivity contribution < 1.29 is 4.74 Å². The van der Waals surface area contributed by atoms with Gasteiger partial charge in [-0.2, -0.15) is 5.26 Å². The van der Waals surface area contributed by atoms with Crippen LogP contribution < -0.4 is 4.74 Å². The Hall–Kier alpha value is -1.79. The normalized spacial score (nSPS) is 9.71. The number of methoxy groups -OCH3 is 1. The zero-order valence-electron chi connectivity index (χ0n) is 9.27. The van der Waals surface area contributed by atoms with E-state index in [1.165, 1.54) is 0 Å². The van der Waals surface area contributed by atoms with Crippen molar-refractivity contribution in [2.75, 3.05) is 7.11 Å². The van der Waals surface area contributed by atoms with Crippen molar-refractivity contribution in [3.63, 3.8) is 0 Å². The fraction of sp³-hybridized carbons (Fsp3) is 0.0714. The summed E-state index contributed by atoms with van der Waals surface area (Å²) in [4.78, 5) is 0. The van der Waals surface area contributed by atoms with Crippen LogP contribution >= 0.6 is 15.9 Å². The average molecular weight is 288 g/mol. The lowest BCUT2D eigenvalue weighted by atomic mass is 10.0. The Labute approximate surface area is 109 Å². The first-order valence-corrected chi connectivity index (χ1v) is 5.88. The fourth-order valence-corrected chi connectivity index (χ4v) is 1.98. The third-order valence-electron chi connectivity index (χ3n) is 2.50. The maximum atomic E-state index is 9.08. The van der Waals surface area contributed by atoms with E-state index in [4.69, 9.17) is 10.00 Å². The first kappa shape index (κ1) is 11.7. The highest BCUT2D eigenvalue weighted by Crippen LogP contribution is 2.28. The van der Waals surface area contributed by atoms with Crippen molar-refractivity contribution in [3.05, 3.63) is 52.5 Å². The molecule has 3 heteroatoms. The molecule has 0 aliphatic heterocycles. The molecule has 2 nitrogen and oxygen atoms in total. The highest BCUT2D eigenvalue weighted by molar-refractivity contribution is 9.10. The average Bonchev–Trinajstić information content (AvgIpc) is 2.39. The second-order valence-electron chi connectivity index (χ2n) is 3.53. The van der Waals surface area contributed by atoms with Gasteiger partial charge in [-0.3, -0.25) is 0 Å². The summed E-state index contributed by atoms with van der Waals surface area (Å²) in [6, 6.07) is 15.5. The molecule has 2 aromatic carbocycles. The molecule has 0 fully saturated rings. The molecule has 0 atom stereocenters. The van der Waals surface area contributed by atoms with Crippen molar-refractivity contribution in [2.24, 2.45) is 0 Å². The van der Waals surface area contributed by atoms with Crippen LogP contribution in [0.25, 0.3) is 11.1 Å². The van der Waals surface area contributed by atoms with Gasteiger partial charge >= 0.3 is 0 Å². The van der Waals surface area contributed by atoms with Crippen LogP contribution in [0, 0.1) is 11.3 Å². The summed E-state index contributed by atoms with van der Waals surface area (Å²) in [5.74, 6) is 0.808. The molecule has 0 unspecified atom stereocenters. The number of halogens is 1. The first-order chi connectivity index (χ1) is 8.24. The molecule has 0 saturated heterocycles. The maximum absolute atomic E-state index is 9.08. The second-order valence-corrected chi connectivity index (χ2v) is 4.45. The number of benzene rings is 2. The summed E-state index contributed by atoms with van der Waals surface area (Å²) in [6.45, 7) is 0. The number of ether oxygens (including phenoxy) is 1. The van der Waals surface area contributed by atoms with E-state index in [0.29, 0.717) is 5.56 Å². The van der Waals surface area contributed by atoms with Gasteiger partial charge in [0.1, 0.15) is 5.75 Å². The first-order valence-electron chi connectivity index (χ1n) is 5.08. The lowest BCUT2D eigenvalue weighted by molar-refractivity contribution is 0.415. The minimum Gasteiger partial charge on any atom is -0.497 e. The highest BCUT2D eigenvalue weighted by Gasteiger charge is 2.05. The Morgan fingerprint density at radius 3 is 2.41 bits per heavy atom. The Bertz CT molecular complexity index is 570. The van der Waals surface area contributed by atoms with E-state index in [-0.39, 0.29) is 0 Å². The zero-order chi connectivity index (χ0) is 12.3. The van der Waals surface area contributed by atoms with E-state index in [2.05, 4.69) is 22.0 Å². The van der Waals surface area contributed by atoms with Crippen molar-refractivity contribution >= 4 is 15.9 Å². The van der Waals surface area contributed by atoms with Crippen molar-refractivity contribution in [3.8, 4) is 22.9 Å². The summed E-state index contributed by atoms with van der Waals surface area (Å²) < 4.78 is 6.07. The van der Waals surface area contributed by atoms with Crippen LogP contribution in [-0.2, 0) is 0 Å². The summed E-state index contributed by atoms with van der Waals surface area (Å²) in [5.41, 5.74) is 2.59. The van der Waals surface area contributed by atoms with Gasteiger partial charge in [-0.25, -0.2) is 0 Å². The predicted octanol–water partition coefficient (Wildman–Crippen LogP) is 4.00. The summed E-state index contributed by atoms with van der Waals surface area (Å²) in [5, 5.41) is 9.08. The van der Waals surface area contributed by atoms with Crippen LogP contribution in [0.4, 0.5) is 0 Å². The topological polar surface area (TPSA) is 33.0 Å². The summed E-state index contributed by atoms with van der Waals surface area (Å²) >= 11 is 3.42. The molecule has 0 N–H and O–H groups in total. The van der Waals surface area contributed by atoms with Crippen LogP contribution in [0.15, 0.2) is 46.9 Å². The lowest BCUT2D eigenvalue weighted by Gasteiger charge is -2.06. The molecule has 17 heavy (non-hydrogen) atoms. The van der Waals surface area contributed by atoms with Gasteiger partial charge in [0.2, 0.25) is 0 Å². The number of nitriles is 1. The number of hydrogen-bond acceptors (Lipinski definition) is 2. The fourth-order valence-electron chi connectivity index (χ4n) is 1.62. The van der Waals surface area contributed by atoms with Crippen LogP contribution in [-0.4, -0.2) is 7.11 Å². The van der Waals surface area contributed by atoms with Gasteiger partial charge < -0.3 is 4.74 Å². The van der Waals surface area contributed by atoms with Gasteiger partial charge in [-0.15, -0.1) is 0 Å².